The van der Waals surface area contributed by atoms with Gasteiger partial charge >= 0.3 is 0 Å². The van der Waals surface area contributed by atoms with Crippen molar-refractivity contribution in [3.8, 4) is 0 Å². The Bertz CT molecular complexity index is 706. The molecule has 0 spiro atoms. The molecule has 0 unspecified atom stereocenters. The molecule has 0 amide bonds. The molecule has 2 aromatic rings. The third-order valence-corrected chi connectivity index (χ3v) is 3.49. The fourth-order valence-corrected chi connectivity index (χ4v) is 2.39. The highest BCUT2D eigenvalue weighted by molar-refractivity contribution is 5.96. The van der Waals surface area contributed by atoms with E-state index in [-0.39, 0.29) is 17.9 Å². The van der Waals surface area contributed by atoms with E-state index in [0.29, 0.717) is 5.56 Å². The van der Waals surface area contributed by atoms with Crippen molar-refractivity contribution in [3.05, 3.63) is 63.6 Å². The van der Waals surface area contributed by atoms with Gasteiger partial charge in [-0.3, -0.25) is 9.59 Å². The predicted molar refractivity (Wildman–Crippen MR) is 74.7 cm³/mol. The highest BCUT2D eigenvalue weighted by atomic mass is 16.1. The topological polar surface area (TPSA) is 64.0 Å². The molecule has 0 fully saturated rings. The van der Waals surface area contributed by atoms with Crippen LogP contribution in [0.2, 0.25) is 0 Å². The van der Waals surface area contributed by atoms with Crippen LogP contribution in [0.3, 0.4) is 0 Å². The second kappa shape index (κ2) is 5.38. The number of carbonyl (C=O) groups is 1. The SMILES string of the molecule is O=C(Cn1ncccc1=O)c1ccc2c(c1)CNCC2. The number of aromatic nitrogens is 2. The molecule has 0 radical (unpaired) electrons. The Balaban J connectivity index is 1.84. The standard InChI is InChI=1S/C15H15N3O2/c19-14(10-18-15(20)2-1-6-17-18)12-4-3-11-5-7-16-9-13(11)8-12/h1-4,6,8,16H,5,7,9-10H2. The normalized spacial score (nSPS) is 13.8. The van der Waals surface area contributed by atoms with Crippen LogP contribution < -0.4 is 10.9 Å². The third-order valence-electron chi connectivity index (χ3n) is 3.49. The number of carbonyl (C=O) groups excluding carboxylic acids is 1. The lowest BCUT2D eigenvalue weighted by molar-refractivity contribution is 0.0965. The number of Topliss-reactive ketones (excluding diaryl/α,β-unsaturated/α-hetero) is 1. The molecule has 3 rings (SSSR count). The minimum absolute atomic E-state index is 0.0219. The van der Waals surface area contributed by atoms with Gasteiger partial charge in [0.2, 0.25) is 0 Å². The molecule has 5 heteroatoms. The Morgan fingerprint density at radius 2 is 2.20 bits per heavy atom. The number of hydrogen-bond donors (Lipinski definition) is 1. The van der Waals surface area contributed by atoms with Gasteiger partial charge in [0, 0.05) is 24.4 Å². The monoisotopic (exact) mass is 269 g/mol. The maximum atomic E-state index is 12.2. The van der Waals surface area contributed by atoms with E-state index in [2.05, 4.69) is 10.4 Å². The second-order valence-corrected chi connectivity index (χ2v) is 4.85. The molecule has 0 aliphatic carbocycles. The van der Waals surface area contributed by atoms with Crippen LogP contribution >= 0.6 is 0 Å². The summed E-state index contributed by atoms with van der Waals surface area (Å²) in [6.45, 7) is 1.75. The van der Waals surface area contributed by atoms with Crippen molar-refractivity contribution in [2.75, 3.05) is 6.54 Å². The Morgan fingerprint density at radius 3 is 3.05 bits per heavy atom. The highest BCUT2D eigenvalue weighted by Gasteiger charge is 2.13. The maximum Gasteiger partial charge on any atom is 0.267 e. The van der Waals surface area contributed by atoms with Crippen LogP contribution in [0.5, 0.6) is 0 Å². The molecule has 0 atom stereocenters. The fraction of sp³-hybridized carbons (Fsp3) is 0.267. The molecule has 1 aliphatic rings. The van der Waals surface area contributed by atoms with E-state index in [1.807, 2.05) is 18.2 Å². The largest absolute Gasteiger partial charge is 0.312 e. The molecule has 5 nitrogen and oxygen atoms in total. The molecule has 1 N–H and O–H groups in total. The maximum absolute atomic E-state index is 12.2. The van der Waals surface area contributed by atoms with Crippen LogP contribution in [0, 0.1) is 0 Å². The van der Waals surface area contributed by atoms with E-state index < -0.39 is 0 Å². The minimum atomic E-state index is -0.263. The molecule has 102 valence electrons. The molecule has 2 heterocycles. The lowest BCUT2D eigenvalue weighted by Gasteiger charge is -2.17. The lowest BCUT2D eigenvalue weighted by Crippen LogP contribution is -2.26. The number of benzene rings is 1. The zero-order valence-corrected chi connectivity index (χ0v) is 11.0. The number of fused-ring (bicyclic) bond motifs is 1. The van der Waals surface area contributed by atoms with Crippen molar-refractivity contribution in [1.29, 1.82) is 0 Å². The summed E-state index contributed by atoms with van der Waals surface area (Å²) < 4.78 is 1.18. The van der Waals surface area contributed by atoms with Crippen molar-refractivity contribution in [2.45, 2.75) is 19.5 Å². The molecule has 1 aromatic heterocycles. The Morgan fingerprint density at radius 1 is 1.30 bits per heavy atom. The zero-order chi connectivity index (χ0) is 13.9. The first-order chi connectivity index (χ1) is 9.74. The summed E-state index contributed by atoms with van der Waals surface area (Å²) in [7, 11) is 0. The Hall–Kier alpha value is -2.27. The van der Waals surface area contributed by atoms with Crippen LogP contribution in [0.1, 0.15) is 21.5 Å². The van der Waals surface area contributed by atoms with E-state index in [1.165, 1.54) is 22.5 Å². The smallest absolute Gasteiger partial charge is 0.267 e. The molecular formula is C15H15N3O2. The van der Waals surface area contributed by atoms with Gasteiger partial charge in [-0.15, -0.1) is 0 Å². The van der Waals surface area contributed by atoms with Crippen molar-refractivity contribution < 1.29 is 4.79 Å². The third kappa shape index (κ3) is 2.53. The molecular weight excluding hydrogens is 254 g/mol. The fourth-order valence-electron chi connectivity index (χ4n) is 2.39. The van der Waals surface area contributed by atoms with Crippen molar-refractivity contribution in [1.82, 2.24) is 15.1 Å². The van der Waals surface area contributed by atoms with Gasteiger partial charge in [0.25, 0.3) is 5.56 Å². The van der Waals surface area contributed by atoms with E-state index in [0.717, 1.165) is 25.1 Å². The van der Waals surface area contributed by atoms with E-state index in [1.54, 1.807) is 6.07 Å². The van der Waals surface area contributed by atoms with Gasteiger partial charge in [0.05, 0.1) is 0 Å². The second-order valence-electron chi connectivity index (χ2n) is 4.85. The number of nitrogens with zero attached hydrogens (tertiary/aromatic N) is 2. The summed E-state index contributed by atoms with van der Waals surface area (Å²) in [4.78, 5) is 23.8. The summed E-state index contributed by atoms with van der Waals surface area (Å²) in [6.07, 6.45) is 2.50. The van der Waals surface area contributed by atoms with Gasteiger partial charge < -0.3 is 5.32 Å². The van der Waals surface area contributed by atoms with Crippen LogP contribution in [-0.4, -0.2) is 22.1 Å². The first kappa shape index (κ1) is 12.7. The van der Waals surface area contributed by atoms with E-state index in [4.69, 9.17) is 0 Å². The number of nitrogens with one attached hydrogen (secondary N) is 1. The first-order valence-electron chi connectivity index (χ1n) is 6.62. The molecule has 0 bridgehead atoms. The average Bonchev–Trinajstić information content (AvgIpc) is 2.49. The molecule has 1 aromatic carbocycles. The van der Waals surface area contributed by atoms with Crippen LogP contribution in [0.25, 0.3) is 0 Å². The van der Waals surface area contributed by atoms with Crippen molar-refractivity contribution in [3.63, 3.8) is 0 Å². The Kier molecular flexibility index (Phi) is 3.43. The zero-order valence-electron chi connectivity index (χ0n) is 11.0. The minimum Gasteiger partial charge on any atom is -0.312 e. The van der Waals surface area contributed by atoms with Crippen molar-refractivity contribution >= 4 is 5.78 Å². The summed E-state index contributed by atoms with van der Waals surface area (Å²) >= 11 is 0. The Labute approximate surface area is 116 Å². The van der Waals surface area contributed by atoms with E-state index >= 15 is 0 Å². The summed E-state index contributed by atoms with van der Waals surface area (Å²) in [6, 6.07) is 8.72. The molecule has 0 saturated carbocycles. The van der Waals surface area contributed by atoms with Crippen LogP contribution in [0.4, 0.5) is 0 Å². The quantitative estimate of drug-likeness (QED) is 0.836. The van der Waals surface area contributed by atoms with Crippen LogP contribution in [-0.2, 0) is 19.5 Å². The summed E-state index contributed by atoms with van der Waals surface area (Å²) in [5.41, 5.74) is 2.82. The number of hydrogen-bond acceptors (Lipinski definition) is 4. The van der Waals surface area contributed by atoms with E-state index in [9.17, 15) is 9.59 Å². The predicted octanol–water partition coefficient (Wildman–Crippen LogP) is 0.772. The summed E-state index contributed by atoms with van der Waals surface area (Å²) in [5, 5.41) is 7.19. The van der Waals surface area contributed by atoms with Gasteiger partial charge in [0.15, 0.2) is 5.78 Å². The van der Waals surface area contributed by atoms with Gasteiger partial charge in [-0.05, 0) is 36.2 Å². The molecule has 20 heavy (non-hydrogen) atoms. The first-order valence-corrected chi connectivity index (χ1v) is 6.62. The average molecular weight is 269 g/mol. The number of ketones is 1. The molecule has 0 saturated heterocycles. The lowest BCUT2D eigenvalue weighted by atomic mass is 9.97. The van der Waals surface area contributed by atoms with Crippen molar-refractivity contribution in [2.24, 2.45) is 0 Å². The van der Waals surface area contributed by atoms with Gasteiger partial charge in [0.1, 0.15) is 6.54 Å². The van der Waals surface area contributed by atoms with Crippen LogP contribution in [0.15, 0.2) is 41.3 Å². The molecule has 1 aliphatic heterocycles. The van der Waals surface area contributed by atoms with Gasteiger partial charge in [-0.2, -0.15) is 5.10 Å². The summed E-state index contributed by atoms with van der Waals surface area (Å²) in [5.74, 6) is -0.0980. The number of rotatable bonds is 3. The van der Waals surface area contributed by atoms with Gasteiger partial charge in [-0.25, -0.2) is 4.68 Å². The van der Waals surface area contributed by atoms with Gasteiger partial charge in [-0.1, -0.05) is 12.1 Å². The highest BCUT2D eigenvalue weighted by Crippen LogP contribution is 2.16.